The molecule has 0 fully saturated rings. The summed E-state index contributed by atoms with van der Waals surface area (Å²) in [6, 6.07) is 15.6. The summed E-state index contributed by atoms with van der Waals surface area (Å²) < 4.78 is 5.96. The lowest BCUT2D eigenvalue weighted by Gasteiger charge is -2.12. The van der Waals surface area contributed by atoms with Crippen LogP contribution in [0.15, 0.2) is 47.4 Å². The second-order valence-electron chi connectivity index (χ2n) is 4.07. The highest BCUT2D eigenvalue weighted by molar-refractivity contribution is 7.99. The summed E-state index contributed by atoms with van der Waals surface area (Å²) in [5.74, 6) is 2.66. The van der Waals surface area contributed by atoms with Gasteiger partial charge in [-0.05, 0) is 48.6 Å². The van der Waals surface area contributed by atoms with E-state index in [0.29, 0.717) is 5.56 Å². The van der Waals surface area contributed by atoms with Crippen molar-refractivity contribution < 1.29 is 4.74 Å². The van der Waals surface area contributed by atoms with Crippen LogP contribution in [0, 0.1) is 18.3 Å². The zero-order chi connectivity index (χ0) is 15.7. The Labute approximate surface area is 131 Å². The molecule has 3 heteroatoms. The number of ether oxygens (including phenoxy) is 1. The minimum atomic E-state index is 0.654. The molecule has 2 aromatic rings. The fraction of sp³-hybridized carbons (Fsp3) is 0.278. The Morgan fingerprint density at radius 1 is 1.10 bits per heavy atom. The van der Waals surface area contributed by atoms with Crippen LogP contribution in [-0.4, -0.2) is 5.75 Å². The maximum atomic E-state index is 8.86. The molecule has 2 nitrogen and oxygen atoms in total. The highest BCUT2D eigenvalue weighted by Gasteiger charge is 2.06. The Kier molecular flexibility index (Phi) is 7.42. The van der Waals surface area contributed by atoms with Crippen LogP contribution in [0.2, 0.25) is 0 Å². The van der Waals surface area contributed by atoms with Gasteiger partial charge in [0.15, 0.2) is 0 Å². The van der Waals surface area contributed by atoms with Crippen LogP contribution >= 0.6 is 11.8 Å². The van der Waals surface area contributed by atoms with Gasteiger partial charge >= 0.3 is 0 Å². The van der Waals surface area contributed by atoms with Crippen LogP contribution < -0.4 is 4.74 Å². The van der Waals surface area contributed by atoms with Crippen LogP contribution in [0.3, 0.4) is 0 Å². The molecular formula is C18H21NOS. The summed E-state index contributed by atoms with van der Waals surface area (Å²) in [5, 5.41) is 8.86. The third-order valence-electron chi connectivity index (χ3n) is 2.67. The van der Waals surface area contributed by atoms with Crippen LogP contribution in [0.5, 0.6) is 11.5 Å². The van der Waals surface area contributed by atoms with Crippen molar-refractivity contribution in [1.29, 1.82) is 5.26 Å². The van der Waals surface area contributed by atoms with E-state index in [9.17, 15) is 0 Å². The Balaban J connectivity index is 0.00000106. The van der Waals surface area contributed by atoms with Gasteiger partial charge in [0.25, 0.3) is 0 Å². The summed E-state index contributed by atoms with van der Waals surface area (Å²) >= 11 is 1.76. The molecule has 2 rings (SSSR count). The largest absolute Gasteiger partial charge is 0.456 e. The van der Waals surface area contributed by atoms with Crippen molar-refractivity contribution >= 4 is 11.8 Å². The number of nitriles is 1. The molecular weight excluding hydrogens is 278 g/mol. The molecule has 0 amide bonds. The number of hydrogen-bond acceptors (Lipinski definition) is 3. The first-order chi connectivity index (χ1) is 10.2. The molecule has 0 aliphatic carbocycles. The maximum absolute atomic E-state index is 8.86. The van der Waals surface area contributed by atoms with Gasteiger partial charge in [-0.1, -0.05) is 32.9 Å². The van der Waals surface area contributed by atoms with Gasteiger partial charge in [-0.3, -0.25) is 0 Å². The zero-order valence-corrected chi connectivity index (χ0v) is 13.8. The third-order valence-corrected chi connectivity index (χ3v) is 3.61. The predicted octanol–water partition coefficient (Wildman–Crippen LogP) is 5.80. The van der Waals surface area contributed by atoms with Gasteiger partial charge in [-0.15, -0.1) is 11.8 Å². The van der Waals surface area contributed by atoms with Crippen molar-refractivity contribution in [3.63, 3.8) is 0 Å². The molecule has 0 saturated heterocycles. The maximum Gasteiger partial charge on any atom is 0.140 e. The summed E-state index contributed by atoms with van der Waals surface area (Å²) in [7, 11) is 0. The fourth-order valence-electron chi connectivity index (χ4n) is 1.76. The highest BCUT2D eigenvalue weighted by Crippen LogP contribution is 2.33. The van der Waals surface area contributed by atoms with E-state index in [1.54, 1.807) is 17.8 Å². The molecule has 0 spiro atoms. The first kappa shape index (κ1) is 17.1. The number of thioether (sulfide) groups is 1. The Hall–Kier alpha value is -1.92. The molecule has 0 bridgehead atoms. The molecule has 2 aromatic carbocycles. The molecule has 0 aromatic heterocycles. The number of aryl methyl sites for hydroxylation is 1. The van der Waals surface area contributed by atoms with Gasteiger partial charge < -0.3 is 4.74 Å². The minimum absolute atomic E-state index is 0.654. The van der Waals surface area contributed by atoms with Gasteiger partial charge in [-0.25, -0.2) is 0 Å². The Bertz CT molecular complexity index is 617. The van der Waals surface area contributed by atoms with Crippen LogP contribution in [0.25, 0.3) is 0 Å². The molecule has 0 aliphatic rings. The van der Waals surface area contributed by atoms with Gasteiger partial charge in [0, 0.05) is 0 Å². The summed E-state index contributed by atoms with van der Waals surface area (Å²) in [4.78, 5) is 1.13. The van der Waals surface area contributed by atoms with Crippen molar-refractivity contribution in [1.82, 2.24) is 0 Å². The lowest BCUT2D eigenvalue weighted by molar-refractivity contribution is 0.467. The first-order valence-electron chi connectivity index (χ1n) is 7.15. The zero-order valence-electron chi connectivity index (χ0n) is 13.0. The van der Waals surface area contributed by atoms with Crippen LogP contribution in [0.1, 0.15) is 31.9 Å². The number of rotatable bonds is 4. The molecule has 0 unspecified atom stereocenters. The van der Waals surface area contributed by atoms with Gasteiger partial charge in [0.1, 0.15) is 11.5 Å². The second kappa shape index (κ2) is 9.10. The smallest absolute Gasteiger partial charge is 0.140 e. The lowest BCUT2D eigenvalue weighted by Crippen LogP contribution is -1.90. The molecule has 0 aliphatic heterocycles. The van der Waals surface area contributed by atoms with Gasteiger partial charge in [-0.2, -0.15) is 5.26 Å². The average Bonchev–Trinajstić information content (AvgIpc) is 2.53. The first-order valence-corrected chi connectivity index (χ1v) is 8.13. The normalized spacial score (nSPS) is 9.29. The van der Waals surface area contributed by atoms with E-state index in [1.165, 1.54) is 0 Å². The number of hydrogen-bond donors (Lipinski definition) is 0. The van der Waals surface area contributed by atoms with Crippen molar-refractivity contribution in [2.75, 3.05) is 5.75 Å². The summed E-state index contributed by atoms with van der Waals surface area (Å²) in [5.41, 5.74) is 1.62. The lowest BCUT2D eigenvalue weighted by atomic mass is 10.1. The summed E-state index contributed by atoms with van der Waals surface area (Å²) in [6.45, 7) is 8.07. The van der Waals surface area contributed by atoms with E-state index in [2.05, 4.69) is 19.1 Å². The van der Waals surface area contributed by atoms with E-state index in [4.69, 9.17) is 10.00 Å². The van der Waals surface area contributed by atoms with Crippen LogP contribution in [0.4, 0.5) is 0 Å². The standard InChI is InChI=1S/C16H15NOS.C2H6/c1-3-19-16-7-5-4-6-15(16)18-14-9-8-13(11-17)10-12(14)2;1-2/h4-10H,3H2,1-2H3;1-2H3. The SMILES string of the molecule is CC.CCSc1ccccc1Oc1ccc(C#N)cc1C. The molecule has 0 heterocycles. The molecule has 0 atom stereocenters. The molecule has 0 radical (unpaired) electrons. The van der Waals surface area contributed by atoms with E-state index in [0.717, 1.165) is 27.7 Å². The van der Waals surface area contributed by atoms with E-state index in [1.807, 2.05) is 51.1 Å². The highest BCUT2D eigenvalue weighted by atomic mass is 32.2. The average molecular weight is 299 g/mol. The Morgan fingerprint density at radius 3 is 2.43 bits per heavy atom. The molecule has 0 saturated carbocycles. The van der Waals surface area contributed by atoms with E-state index >= 15 is 0 Å². The van der Waals surface area contributed by atoms with E-state index < -0.39 is 0 Å². The monoisotopic (exact) mass is 299 g/mol. The summed E-state index contributed by atoms with van der Waals surface area (Å²) in [6.07, 6.45) is 0. The van der Waals surface area contributed by atoms with Crippen molar-refractivity contribution in [3.05, 3.63) is 53.6 Å². The topological polar surface area (TPSA) is 33.0 Å². The molecule has 110 valence electrons. The van der Waals surface area contributed by atoms with Crippen LogP contribution in [-0.2, 0) is 0 Å². The Morgan fingerprint density at radius 2 is 1.81 bits per heavy atom. The number of benzene rings is 2. The van der Waals surface area contributed by atoms with Crippen molar-refractivity contribution in [3.8, 4) is 17.6 Å². The van der Waals surface area contributed by atoms with Gasteiger partial charge in [0.2, 0.25) is 0 Å². The molecule has 0 N–H and O–H groups in total. The van der Waals surface area contributed by atoms with E-state index in [-0.39, 0.29) is 0 Å². The third kappa shape index (κ3) is 4.84. The fourth-order valence-corrected chi connectivity index (χ4v) is 2.50. The number of nitrogens with zero attached hydrogens (tertiary/aromatic N) is 1. The minimum Gasteiger partial charge on any atom is -0.456 e. The van der Waals surface area contributed by atoms with Crippen molar-refractivity contribution in [2.24, 2.45) is 0 Å². The molecule has 21 heavy (non-hydrogen) atoms. The second-order valence-corrected chi connectivity index (χ2v) is 5.38. The van der Waals surface area contributed by atoms with Gasteiger partial charge in [0.05, 0.1) is 16.5 Å². The quantitative estimate of drug-likeness (QED) is 0.669. The number of para-hydroxylation sites is 1. The predicted molar refractivity (Wildman–Crippen MR) is 90.2 cm³/mol. The van der Waals surface area contributed by atoms with Crippen molar-refractivity contribution in [2.45, 2.75) is 32.6 Å².